The number of sulfonamides is 1. The Bertz CT molecular complexity index is 434. The molecule has 0 aliphatic carbocycles. The van der Waals surface area contributed by atoms with E-state index >= 15 is 0 Å². The van der Waals surface area contributed by atoms with Crippen LogP contribution >= 0.6 is 15.9 Å². The van der Waals surface area contributed by atoms with E-state index in [1.165, 1.54) is 7.05 Å². The summed E-state index contributed by atoms with van der Waals surface area (Å²) in [6.07, 6.45) is 0. The van der Waals surface area contributed by atoms with Gasteiger partial charge in [0.2, 0.25) is 10.0 Å². The second-order valence-electron chi connectivity index (χ2n) is 3.33. The van der Waals surface area contributed by atoms with E-state index in [-0.39, 0.29) is 5.75 Å². The highest BCUT2D eigenvalue weighted by atomic mass is 79.9. The van der Waals surface area contributed by atoms with Crippen molar-refractivity contribution in [3.63, 3.8) is 0 Å². The molecule has 1 aromatic carbocycles. The topological polar surface area (TPSA) is 58.2 Å². The zero-order valence-electron chi connectivity index (χ0n) is 9.03. The van der Waals surface area contributed by atoms with Gasteiger partial charge in [-0.1, -0.05) is 28.1 Å². The molecule has 0 fully saturated rings. The first-order valence-electron chi connectivity index (χ1n) is 4.90. The van der Waals surface area contributed by atoms with Crippen LogP contribution in [0, 0.1) is 0 Å². The van der Waals surface area contributed by atoms with Crippen molar-refractivity contribution in [2.24, 2.45) is 0 Å². The number of hydrogen-bond donors (Lipinski definition) is 2. The van der Waals surface area contributed by atoms with E-state index in [4.69, 9.17) is 0 Å². The van der Waals surface area contributed by atoms with Crippen LogP contribution in [0.3, 0.4) is 0 Å². The number of hydrogen-bond acceptors (Lipinski definition) is 3. The Morgan fingerprint density at radius 3 is 2.75 bits per heavy atom. The minimum Gasteiger partial charge on any atom is -0.312 e. The lowest BCUT2D eigenvalue weighted by molar-refractivity contribution is 0.583. The summed E-state index contributed by atoms with van der Waals surface area (Å²) < 4.78 is 25.5. The SMILES string of the molecule is CNS(=O)(=O)CCNCc1cccc(Br)c1. The van der Waals surface area contributed by atoms with Crippen molar-refractivity contribution in [1.29, 1.82) is 0 Å². The molecule has 0 radical (unpaired) electrons. The van der Waals surface area contributed by atoms with E-state index in [1.54, 1.807) is 0 Å². The van der Waals surface area contributed by atoms with Gasteiger partial charge in [0, 0.05) is 17.6 Å². The van der Waals surface area contributed by atoms with Crippen LogP contribution in [0.2, 0.25) is 0 Å². The highest BCUT2D eigenvalue weighted by molar-refractivity contribution is 9.10. The Hall–Kier alpha value is -0.430. The van der Waals surface area contributed by atoms with Gasteiger partial charge in [-0.2, -0.15) is 0 Å². The van der Waals surface area contributed by atoms with Gasteiger partial charge in [0.15, 0.2) is 0 Å². The second kappa shape index (κ2) is 6.34. The number of rotatable bonds is 6. The summed E-state index contributed by atoms with van der Waals surface area (Å²) in [5.41, 5.74) is 1.12. The summed E-state index contributed by atoms with van der Waals surface area (Å²) >= 11 is 3.38. The molecule has 1 rings (SSSR count). The lowest BCUT2D eigenvalue weighted by Crippen LogP contribution is -2.29. The van der Waals surface area contributed by atoms with E-state index in [1.807, 2.05) is 24.3 Å². The van der Waals surface area contributed by atoms with Crippen molar-refractivity contribution in [2.45, 2.75) is 6.54 Å². The average Bonchev–Trinajstić information content (AvgIpc) is 2.25. The molecule has 0 aliphatic heterocycles. The van der Waals surface area contributed by atoms with Crippen molar-refractivity contribution in [1.82, 2.24) is 10.0 Å². The van der Waals surface area contributed by atoms with Crippen LogP contribution in [0.25, 0.3) is 0 Å². The minimum absolute atomic E-state index is 0.0947. The number of nitrogens with one attached hydrogen (secondary N) is 2. The first-order chi connectivity index (χ1) is 7.53. The Balaban J connectivity index is 2.32. The van der Waals surface area contributed by atoms with Gasteiger partial charge in [0.25, 0.3) is 0 Å². The first kappa shape index (κ1) is 13.6. The maximum Gasteiger partial charge on any atom is 0.212 e. The second-order valence-corrected chi connectivity index (χ2v) is 6.29. The van der Waals surface area contributed by atoms with Gasteiger partial charge in [-0.05, 0) is 24.7 Å². The van der Waals surface area contributed by atoms with E-state index in [9.17, 15) is 8.42 Å². The fraction of sp³-hybridized carbons (Fsp3) is 0.400. The molecule has 2 N–H and O–H groups in total. The van der Waals surface area contributed by atoms with Gasteiger partial charge in [-0.25, -0.2) is 13.1 Å². The predicted octanol–water partition coefficient (Wildman–Crippen LogP) is 1.09. The Morgan fingerprint density at radius 2 is 2.12 bits per heavy atom. The molecule has 0 aliphatic rings. The normalized spacial score (nSPS) is 11.6. The molecule has 6 heteroatoms. The van der Waals surface area contributed by atoms with Gasteiger partial charge in [-0.3, -0.25) is 0 Å². The highest BCUT2D eigenvalue weighted by Gasteiger charge is 2.05. The molecule has 16 heavy (non-hydrogen) atoms. The van der Waals surface area contributed by atoms with Crippen LogP contribution in [0.15, 0.2) is 28.7 Å². The molecule has 4 nitrogen and oxygen atoms in total. The van der Waals surface area contributed by atoms with Crippen molar-refractivity contribution < 1.29 is 8.42 Å². The minimum atomic E-state index is -3.10. The van der Waals surface area contributed by atoms with Crippen LogP contribution in [0.4, 0.5) is 0 Å². The fourth-order valence-electron chi connectivity index (χ4n) is 1.19. The van der Waals surface area contributed by atoms with E-state index in [0.29, 0.717) is 13.1 Å². The van der Waals surface area contributed by atoms with E-state index in [0.717, 1.165) is 10.0 Å². The highest BCUT2D eigenvalue weighted by Crippen LogP contribution is 2.11. The van der Waals surface area contributed by atoms with Crippen LogP contribution in [-0.4, -0.2) is 27.8 Å². The molecule has 0 saturated carbocycles. The monoisotopic (exact) mass is 306 g/mol. The third-order valence-electron chi connectivity index (χ3n) is 2.08. The van der Waals surface area contributed by atoms with Gasteiger partial charge in [-0.15, -0.1) is 0 Å². The third-order valence-corrected chi connectivity index (χ3v) is 3.93. The maximum atomic E-state index is 11.1. The van der Waals surface area contributed by atoms with Gasteiger partial charge in [0.05, 0.1) is 5.75 Å². The zero-order chi connectivity index (χ0) is 12.0. The first-order valence-corrected chi connectivity index (χ1v) is 7.34. The molecule has 0 atom stereocenters. The van der Waals surface area contributed by atoms with Crippen molar-refractivity contribution in [3.8, 4) is 0 Å². The smallest absolute Gasteiger partial charge is 0.212 e. The molecule has 0 saturated heterocycles. The summed E-state index contributed by atoms with van der Waals surface area (Å²) in [6.45, 7) is 1.11. The molecule has 1 aromatic rings. The van der Waals surface area contributed by atoms with E-state index < -0.39 is 10.0 Å². The Labute approximate surface area is 105 Å². The standard InChI is InChI=1S/C10H15BrN2O2S/c1-12-16(14,15)6-5-13-8-9-3-2-4-10(11)7-9/h2-4,7,12-13H,5-6,8H2,1H3. The molecule has 0 spiro atoms. The Kier molecular flexibility index (Phi) is 5.40. The lowest BCUT2D eigenvalue weighted by Gasteiger charge is -2.05. The van der Waals surface area contributed by atoms with Crippen molar-refractivity contribution >= 4 is 26.0 Å². The van der Waals surface area contributed by atoms with E-state index in [2.05, 4.69) is 26.0 Å². The van der Waals surface area contributed by atoms with Gasteiger partial charge >= 0.3 is 0 Å². The van der Waals surface area contributed by atoms with Crippen LogP contribution in [-0.2, 0) is 16.6 Å². The molecular formula is C10H15BrN2O2S. The third kappa shape index (κ3) is 5.07. The molecule has 0 aromatic heterocycles. The molecule has 90 valence electrons. The largest absolute Gasteiger partial charge is 0.312 e. The molecular weight excluding hydrogens is 292 g/mol. The van der Waals surface area contributed by atoms with Crippen molar-refractivity contribution in [2.75, 3.05) is 19.3 Å². The average molecular weight is 307 g/mol. The Morgan fingerprint density at radius 1 is 1.38 bits per heavy atom. The number of halogens is 1. The molecule has 0 unspecified atom stereocenters. The summed E-state index contributed by atoms with van der Waals surface area (Å²) in [6, 6.07) is 7.89. The van der Waals surface area contributed by atoms with Crippen LogP contribution < -0.4 is 10.0 Å². The maximum absolute atomic E-state index is 11.1. The summed E-state index contributed by atoms with van der Waals surface area (Å²) in [5.74, 6) is 0.0947. The molecule has 0 amide bonds. The predicted molar refractivity (Wildman–Crippen MR) is 68.7 cm³/mol. The quantitative estimate of drug-likeness (QED) is 0.774. The lowest BCUT2D eigenvalue weighted by atomic mass is 10.2. The van der Waals surface area contributed by atoms with Crippen molar-refractivity contribution in [3.05, 3.63) is 34.3 Å². The molecule has 0 bridgehead atoms. The van der Waals surface area contributed by atoms with Gasteiger partial charge in [0.1, 0.15) is 0 Å². The summed E-state index contributed by atoms with van der Waals surface area (Å²) in [4.78, 5) is 0. The zero-order valence-corrected chi connectivity index (χ0v) is 11.4. The summed E-state index contributed by atoms with van der Waals surface area (Å²) in [5, 5.41) is 3.08. The number of benzene rings is 1. The fourth-order valence-corrected chi connectivity index (χ4v) is 2.25. The van der Waals surface area contributed by atoms with Crippen LogP contribution in [0.1, 0.15) is 5.56 Å². The van der Waals surface area contributed by atoms with Gasteiger partial charge < -0.3 is 5.32 Å². The van der Waals surface area contributed by atoms with Crippen LogP contribution in [0.5, 0.6) is 0 Å². The summed E-state index contributed by atoms with van der Waals surface area (Å²) in [7, 11) is -1.68. The molecule has 0 heterocycles.